The molecule has 0 spiro atoms. The molecule has 0 aliphatic carbocycles. The Balaban J connectivity index is 2.30. The summed E-state index contributed by atoms with van der Waals surface area (Å²) >= 11 is 0. The van der Waals surface area contributed by atoms with Gasteiger partial charge in [0, 0.05) is 23.5 Å². The van der Waals surface area contributed by atoms with Gasteiger partial charge in [0.15, 0.2) is 6.04 Å². The summed E-state index contributed by atoms with van der Waals surface area (Å²) in [5.74, 6) is -1.98. The minimum Gasteiger partial charge on any atom is -0.370 e. The number of rotatable bonds is 8. The first-order chi connectivity index (χ1) is 13.3. The quantitative estimate of drug-likeness (QED) is 0.639. The molecule has 1 aromatic carbocycles. The van der Waals surface area contributed by atoms with Gasteiger partial charge in [-0.05, 0) is 31.3 Å². The topological polar surface area (TPSA) is 105 Å². The summed E-state index contributed by atoms with van der Waals surface area (Å²) < 4.78 is 32.2. The number of benzene rings is 1. The van der Waals surface area contributed by atoms with Crippen molar-refractivity contribution < 1.29 is 27.9 Å². The van der Waals surface area contributed by atoms with Crippen molar-refractivity contribution in [2.75, 3.05) is 43.1 Å². The predicted octanol–water partition coefficient (Wildman–Crippen LogP) is 1.12. The Hall–Kier alpha value is -2.59. The number of primary amides is 1. The van der Waals surface area contributed by atoms with Crippen LogP contribution in [0.5, 0.6) is 0 Å². The zero-order valence-electron chi connectivity index (χ0n) is 15.8. The number of hydrogen-bond donors (Lipinski definition) is 2. The maximum absolute atomic E-state index is 13.6. The molecule has 3 amide bonds. The second-order valence-corrected chi connectivity index (χ2v) is 6.19. The Labute approximate surface area is 161 Å². The third-order valence-electron chi connectivity index (χ3n) is 4.52. The predicted molar refractivity (Wildman–Crippen MR) is 99.1 cm³/mol. The summed E-state index contributed by atoms with van der Waals surface area (Å²) in [6.45, 7) is 4.72. The SMILES string of the molecule is CCN(CC)[C@H](C(N)=O)C(=O)Nc1ccc(N2CCOCC2=O)cc1C(F)F. The average molecular weight is 398 g/mol. The lowest BCUT2D eigenvalue weighted by Crippen LogP contribution is -2.52. The van der Waals surface area contributed by atoms with Gasteiger partial charge in [-0.3, -0.25) is 19.3 Å². The molecule has 10 heteroatoms. The van der Waals surface area contributed by atoms with Crippen LogP contribution < -0.4 is 16.0 Å². The molecule has 28 heavy (non-hydrogen) atoms. The number of amides is 3. The number of morpholine rings is 1. The highest BCUT2D eigenvalue weighted by Gasteiger charge is 2.31. The fraction of sp³-hybridized carbons (Fsp3) is 0.500. The van der Waals surface area contributed by atoms with Gasteiger partial charge in [0.25, 0.3) is 18.2 Å². The highest BCUT2D eigenvalue weighted by atomic mass is 19.3. The number of carbonyl (C=O) groups is 3. The molecule has 0 radical (unpaired) electrons. The molecule has 8 nitrogen and oxygen atoms in total. The highest BCUT2D eigenvalue weighted by molar-refractivity contribution is 6.10. The average Bonchev–Trinajstić information content (AvgIpc) is 2.66. The lowest BCUT2D eigenvalue weighted by atomic mass is 10.1. The monoisotopic (exact) mass is 398 g/mol. The smallest absolute Gasteiger partial charge is 0.265 e. The van der Waals surface area contributed by atoms with E-state index in [0.717, 1.165) is 6.07 Å². The number of anilines is 2. The van der Waals surface area contributed by atoms with E-state index < -0.39 is 29.8 Å². The van der Waals surface area contributed by atoms with Crippen LogP contribution in [0.25, 0.3) is 0 Å². The van der Waals surface area contributed by atoms with E-state index >= 15 is 0 Å². The third kappa shape index (κ3) is 4.82. The second-order valence-electron chi connectivity index (χ2n) is 6.19. The van der Waals surface area contributed by atoms with Gasteiger partial charge in [0.2, 0.25) is 5.91 Å². The summed E-state index contributed by atoms with van der Waals surface area (Å²) in [6, 6.07) is 2.63. The van der Waals surface area contributed by atoms with Crippen LogP contribution in [0.4, 0.5) is 20.2 Å². The van der Waals surface area contributed by atoms with Crippen molar-refractivity contribution in [2.24, 2.45) is 5.73 Å². The summed E-state index contributed by atoms with van der Waals surface area (Å²) in [4.78, 5) is 39.1. The van der Waals surface area contributed by atoms with Crippen molar-refractivity contribution in [3.05, 3.63) is 23.8 Å². The molecule has 0 unspecified atom stereocenters. The first-order valence-corrected chi connectivity index (χ1v) is 8.94. The minimum atomic E-state index is -2.90. The van der Waals surface area contributed by atoms with Crippen molar-refractivity contribution >= 4 is 29.1 Å². The maximum Gasteiger partial charge on any atom is 0.265 e. The molecule has 1 saturated heterocycles. The van der Waals surface area contributed by atoms with Crippen molar-refractivity contribution in [3.8, 4) is 0 Å². The van der Waals surface area contributed by atoms with Gasteiger partial charge in [-0.25, -0.2) is 8.78 Å². The lowest BCUT2D eigenvalue weighted by molar-refractivity contribution is -0.132. The van der Waals surface area contributed by atoms with E-state index in [4.69, 9.17) is 10.5 Å². The molecular formula is C18H24F2N4O4. The number of nitrogens with two attached hydrogens (primary N) is 1. The summed E-state index contributed by atoms with van der Waals surface area (Å²) in [5.41, 5.74) is 5.03. The zero-order chi connectivity index (χ0) is 20.8. The summed E-state index contributed by atoms with van der Waals surface area (Å²) in [5, 5.41) is 2.37. The van der Waals surface area contributed by atoms with Gasteiger partial charge < -0.3 is 20.7 Å². The fourth-order valence-corrected chi connectivity index (χ4v) is 3.07. The highest BCUT2D eigenvalue weighted by Crippen LogP contribution is 2.32. The van der Waals surface area contributed by atoms with Gasteiger partial charge in [0.1, 0.15) is 6.61 Å². The van der Waals surface area contributed by atoms with E-state index in [9.17, 15) is 23.2 Å². The van der Waals surface area contributed by atoms with Gasteiger partial charge >= 0.3 is 0 Å². The fourth-order valence-electron chi connectivity index (χ4n) is 3.07. The number of halogens is 2. The second kappa shape index (κ2) is 9.56. The van der Waals surface area contributed by atoms with Crippen LogP contribution in [0.3, 0.4) is 0 Å². The molecule has 0 aromatic heterocycles. The van der Waals surface area contributed by atoms with Crippen LogP contribution in [0.15, 0.2) is 18.2 Å². The standard InChI is InChI=1S/C18H24F2N4O4/c1-3-23(4-2)15(17(21)26)18(27)22-13-6-5-11(9-12(13)16(19)20)24-7-8-28-10-14(24)25/h5-6,9,15-16H,3-4,7-8,10H2,1-2H3,(H2,21,26)(H,22,27)/t15-/m1/s1. The van der Waals surface area contributed by atoms with Gasteiger partial charge in [-0.2, -0.15) is 0 Å². The maximum atomic E-state index is 13.6. The van der Waals surface area contributed by atoms with E-state index in [2.05, 4.69) is 5.32 Å². The molecule has 0 saturated carbocycles. The number of nitrogens with one attached hydrogen (secondary N) is 1. The molecule has 0 bridgehead atoms. The van der Waals surface area contributed by atoms with Crippen molar-refractivity contribution in [3.63, 3.8) is 0 Å². The number of ether oxygens (including phenoxy) is 1. The summed E-state index contributed by atoms with van der Waals surface area (Å²) in [7, 11) is 0. The van der Waals surface area contributed by atoms with E-state index in [1.807, 2.05) is 0 Å². The molecule has 1 aromatic rings. The number of hydrogen-bond acceptors (Lipinski definition) is 5. The van der Waals surface area contributed by atoms with Crippen LogP contribution in [0, 0.1) is 0 Å². The molecular weight excluding hydrogens is 374 g/mol. The van der Waals surface area contributed by atoms with Crippen LogP contribution in [0.2, 0.25) is 0 Å². The number of carbonyl (C=O) groups excluding carboxylic acids is 3. The van der Waals surface area contributed by atoms with Crippen molar-refractivity contribution in [1.29, 1.82) is 0 Å². The summed E-state index contributed by atoms with van der Waals surface area (Å²) in [6.07, 6.45) is -2.90. The first kappa shape index (κ1) is 21.7. The van der Waals surface area contributed by atoms with E-state index in [-0.39, 0.29) is 30.4 Å². The van der Waals surface area contributed by atoms with Crippen molar-refractivity contribution in [2.45, 2.75) is 26.3 Å². The van der Waals surface area contributed by atoms with E-state index in [1.165, 1.54) is 21.9 Å². The van der Waals surface area contributed by atoms with E-state index in [1.54, 1.807) is 13.8 Å². The number of likely N-dealkylation sites (N-methyl/N-ethyl adjacent to an activating group) is 1. The van der Waals surface area contributed by atoms with Crippen LogP contribution >= 0.6 is 0 Å². The first-order valence-electron chi connectivity index (χ1n) is 8.94. The molecule has 1 aliphatic heterocycles. The third-order valence-corrected chi connectivity index (χ3v) is 4.52. The Kier molecular flexibility index (Phi) is 7.41. The Morgan fingerprint density at radius 1 is 1.32 bits per heavy atom. The molecule has 3 N–H and O–H groups in total. The molecule has 1 heterocycles. The minimum absolute atomic E-state index is 0.118. The number of alkyl halides is 2. The molecule has 1 aliphatic rings. The zero-order valence-corrected chi connectivity index (χ0v) is 15.8. The lowest BCUT2D eigenvalue weighted by Gasteiger charge is -2.28. The largest absolute Gasteiger partial charge is 0.370 e. The Morgan fingerprint density at radius 3 is 2.54 bits per heavy atom. The van der Waals surface area contributed by atoms with Crippen LogP contribution in [-0.4, -0.2) is 61.5 Å². The van der Waals surface area contributed by atoms with Gasteiger partial charge in [0.05, 0.1) is 6.61 Å². The Morgan fingerprint density at radius 2 is 2.00 bits per heavy atom. The van der Waals surface area contributed by atoms with Crippen LogP contribution in [-0.2, 0) is 19.1 Å². The van der Waals surface area contributed by atoms with Crippen molar-refractivity contribution in [1.82, 2.24) is 4.90 Å². The normalized spacial score (nSPS) is 15.8. The van der Waals surface area contributed by atoms with E-state index in [0.29, 0.717) is 19.7 Å². The Bertz CT molecular complexity index is 740. The molecule has 154 valence electrons. The van der Waals surface area contributed by atoms with Crippen LogP contribution in [0.1, 0.15) is 25.8 Å². The van der Waals surface area contributed by atoms with Gasteiger partial charge in [-0.15, -0.1) is 0 Å². The van der Waals surface area contributed by atoms with Gasteiger partial charge in [-0.1, -0.05) is 13.8 Å². The molecule has 2 rings (SSSR count). The number of nitrogens with zero attached hydrogens (tertiary/aromatic N) is 2. The molecule has 1 fully saturated rings. The molecule has 1 atom stereocenters.